The van der Waals surface area contributed by atoms with Crippen molar-refractivity contribution >= 4 is 5.65 Å². The van der Waals surface area contributed by atoms with Crippen molar-refractivity contribution in [1.29, 1.82) is 0 Å². The van der Waals surface area contributed by atoms with Gasteiger partial charge in [-0.1, -0.05) is 13.8 Å². The van der Waals surface area contributed by atoms with E-state index in [0.29, 0.717) is 5.92 Å². The van der Waals surface area contributed by atoms with Crippen LogP contribution in [0, 0.1) is 6.92 Å². The predicted molar refractivity (Wildman–Crippen MR) is 51.8 cm³/mol. The van der Waals surface area contributed by atoms with Crippen LogP contribution in [0.4, 0.5) is 0 Å². The lowest BCUT2D eigenvalue weighted by atomic mass is 10.1. The van der Waals surface area contributed by atoms with E-state index >= 15 is 0 Å². The summed E-state index contributed by atoms with van der Waals surface area (Å²) in [4.78, 5) is 8.48. The van der Waals surface area contributed by atoms with Crippen LogP contribution in [-0.4, -0.2) is 14.4 Å². The summed E-state index contributed by atoms with van der Waals surface area (Å²) in [7, 11) is 0. The lowest BCUT2D eigenvalue weighted by molar-refractivity contribution is 0.804. The molecule has 2 aromatic rings. The number of hydrogen-bond acceptors (Lipinski definition) is 2. The number of aromatic nitrogens is 3. The topological polar surface area (TPSA) is 30.2 Å². The first-order chi connectivity index (χ1) is 6.18. The fourth-order valence-corrected chi connectivity index (χ4v) is 1.43. The lowest BCUT2D eigenvalue weighted by Gasteiger charge is -2.04. The Morgan fingerprint density at radius 2 is 2.00 bits per heavy atom. The molecule has 3 heteroatoms. The van der Waals surface area contributed by atoms with Gasteiger partial charge in [0.25, 0.3) is 0 Å². The highest BCUT2D eigenvalue weighted by molar-refractivity contribution is 5.38. The molecule has 0 unspecified atom stereocenters. The zero-order chi connectivity index (χ0) is 9.42. The number of nitrogens with zero attached hydrogens (tertiary/aromatic N) is 3. The van der Waals surface area contributed by atoms with Gasteiger partial charge in [-0.05, 0) is 12.8 Å². The smallest absolute Gasteiger partial charge is 0.155 e. The van der Waals surface area contributed by atoms with Crippen LogP contribution in [0.1, 0.15) is 31.2 Å². The minimum absolute atomic E-state index is 0.497. The van der Waals surface area contributed by atoms with E-state index in [0.717, 1.165) is 11.3 Å². The Bertz CT molecular complexity index is 429. The molecule has 0 N–H and O–H groups in total. The average Bonchev–Trinajstić information content (AvgIpc) is 2.46. The summed E-state index contributed by atoms with van der Waals surface area (Å²) in [5.74, 6) is 0.497. The second-order valence-electron chi connectivity index (χ2n) is 3.59. The third-order valence-electron chi connectivity index (χ3n) is 2.15. The summed E-state index contributed by atoms with van der Waals surface area (Å²) in [5, 5.41) is 0. The Kier molecular flexibility index (Phi) is 1.79. The van der Waals surface area contributed by atoms with Crippen LogP contribution in [-0.2, 0) is 0 Å². The maximum atomic E-state index is 4.28. The molecule has 2 aromatic heterocycles. The van der Waals surface area contributed by atoms with Gasteiger partial charge < -0.3 is 4.40 Å². The molecule has 2 rings (SSSR count). The van der Waals surface area contributed by atoms with Crippen LogP contribution in [0.2, 0.25) is 0 Å². The number of hydrogen-bond donors (Lipinski definition) is 0. The van der Waals surface area contributed by atoms with Gasteiger partial charge in [0.1, 0.15) is 0 Å². The minimum atomic E-state index is 0.497. The summed E-state index contributed by atoms with van der Waals surface area (Å²) in [6.07, 6.45) is 5.75. The van der Waals surface area contributed by atoms with Crippen LogP contribution in [0.25, 0.3) is 5.65 Å². The van der Waals surface area contributed by atoms with Crippen LogP contribution in [0.15, 0.2) is 18.6 Å². The van der Waals surface area contributed by atoms with E-state index in [1.165, 1.54) is 5.69 Å². The first-order valence-corrected chi connectivity index (χ1v) is 4.48. The highest BCUT2D eigenvalue weighted by atomic mass is 15.0. The molecule has 0 aromatic carbocycles. The van der Waals surface area contributed by atoms with E-state index in [9.17, 15) is 0 Å². The molecule has 0 saturated heterocycles. The predicted octanol–water partition coefficient (Wildman–Crippen LogP) is 2.16. The fraction of sp³-hybridized carbons (Fsp3) is 0.400. The first kappa shape index (κ1) is 8.23. The molecule has 0 radical (unpaired) electrons. The average molecular weight is 175 g/mol. The molecule has 0 spiro atoms. The first-order valence-electron chi connectivity index (χ1n) is 4.48. The van der Waals surface area contributed by atoms with Crippen molar-refractivity contribution in [2.24, 2.45) is 0 Å². The molecular weight excluding hydrogens is 162 g/mol. The quantitative estimate of drug-likeness (QED) is 0.664. The van der Waals surface area contributed by atoms with E-state index < -0.39 is 0 Å². The highest BCUT2D eigenvalue weighted by Crippen LogP contribution is 2.15. The largest absolute Gasteiger partial charge is 0.301 e. The minimum Gasteiger partial charge on any atom is -0.301 e. The summed E-state index contributed by atoms with van der Waals surface area (Å²) < 4.78 is 2.10. The second kappa shape index (κ2) is 2.83. The molecule has 3 nitrogen and oxygen atoms in total. The third kappa shape index (κ3) is 1.30. The van der Waals surface area contributed by atoms with Gasteiger partial charge in [0.05, 0.1) is 11.9 Å². The fourth-order valence-electron chi connectivity index (χ4n) is 1.43. The Morgan fingerprint density at radius 3 is 2.69 bits per heavy atom. The van der Waals surface area contributed by atoms with Crippen molar-refractivity contribution in [2.45, 2.75) is 26.7 Å². The number of fused-ring (bicyclic) bond motifs is 1. The Labute approximate surface area is 77.4 Å². The molecule has 0 amide bonds. The molecule has 0 aliphatic heterocycles. The SMILES string of the molecule is Cc1cn2c(C(C)C)cnc2cn1. The summed E-state index contributed by atoms with van der Waals surface area (Å²) in [5.41, 5.74) is 3.18. The normalized spacial score (nSPS) is 11.4. The van der Waals surface area contributed by atoms with Crippen molar-refractivity contribution in [3.63, 3.8) is 0 Å². The van der Waals surface area contributed by atoms with Crippen molar-refractivity contribution in [3.05, 3.63) is 30.0 Å². The Morgan fingerprint density at radius 1 is 1.23 bits per heavy atom. The van der Waals surface area contributed by atoms with Crippen LogP contribution in [0.5, 0.6) is 0 Å². The van der Waals surface area contributed by atoms with E-state index in [-0.39, 0.29) is 0 Å². The van der Waals surface area contributed by atoms with Gasteiger partial charge in [-0.2, -0.15) is 0 Å². The van der Waals surface area contributed by atoms with Crippen molar-refractivity contribution < 1.29 is 0 Å². The van der Waals surface area contributed by atoms with Crippen LogP contribution in [0.3, 0.4) is 0 Å². The molecule has 0 bridgehead atoms. The number of rotatable bonds is 1. The molecule has 0 aliphatic carbocycles. The zero-order valence-electron chi connectivity index (χ0n) is 8.15. The highest BCUT2D eigenvalue weighted by Gasteiger charge is 2.06. The van der Waals surface area contributed by atoms with Gasteiger partial charge in [0, 0.05) is 18.1 Å². The van der Waals surface area contributed by atoms with Crippen LogP contribution < -0.4 is 0 Å². The van der Waals surface area contributed by atoms with E-state index in [4.69, 9.17) is 0 Å². The molecule has 0 saturated carbocycles. The maximum absolute atomic E-state index is 4.28. The van der Waals surface area contributed by atoms with Crippen LogP contribution >= 0.6 is 0 Å². The monoisotopic (exact) mass is 175 g/mol. The second-order valence-corrected chi connectivity index (χ2v) is 3.59. The molecular formula is C10H13N3. The summed E-state index contributed by atoms with van der Waals surface area (Å²) in [6.45, 7) is 6.32. The van der Waals surface area contributed by atoms with Gasteiger partial charge in [-0.25, -0.2) is 4.98 Å². The van der Waals surface area contributed by atoms with E-state index in [1.54, 1.807) is 6.20 Å². The van der Waals surface area contributed by atoms with E-state index in [1.807, 2.05) is 19.3 Å². The van der Waals surface area contributed by atoms with Gasteiger partial charge in [-0.3, -0.25) is 4.98 Å². The molecule has 0 aliphatic rings. The Hall–Kier alpha value is -1.38. The van der Waals surface area contributed by atoms with Crippen molar-refractivity contribution in [3.8, 4) is 0 Å². The molecule has 13 heavy (non-hydrogen) atoms. The maximum Gasteiger partial charge on any atom is 0.155 e. The van der Waals surface area contributed by atoms with Gasteiger partial charge >= 0.3 is 0 Å². The van der Waals surface area contributed by atoms with Crippen molar-refractivity contribution in [1.82, 2.24) is 14.4 Å². The molecule has 0 atom stereocenters. The zero-order valence-corrected chi connectivity index (χ0v) is 8.15. The molecule has 68 valence electrons. The molecule has 0 fully saturated rings. The van der Waals surface area contributed by atoms with E-state index in [2.05, 4.69) is 28.2 Å². The third-order valence-corrected chi connectivity index (χ3v) is 2.15. The van der Waals surface area contributed by atoms with Gasteiger partial charge in [0.2, 0.25) is 0 Å². The number of aryl methyl sites for hydroxylation is 1. The van der Waals surface area contributed by atoms with Crippen molar-refractivity contribution in [2.75, 3.05) is 0 Å². The molecule has 2 heterocycles. The van der Waals surface area contributed by atoms with Gasteiger partial charge in [0.15, 0.2) is 5.65 Å². The van der Waals surface area contributed by atoms with Gasteiger partial charge in [-0.15, -0.1) is 0 Å². The summed E-state index contributed by atoms with van der Waals surface area (Å²) >= 11 is 0. The lowest BCUT2D eigenvalue weighted by Crippen LogP contribution is -1.96. The summed E-state index contributed by atoms with van der Waals surface area (Å²) in [6, 6.07) is 0. The standard InChI is InChI=1S/C10H13N3/c1-7(2)9-4-12-10-5-11-8(3)6-13(9)10/h4-7H,1-3H3. The Balaban J connectivity index is 2.71. The number of imidazole rings is 1.